The molecule has 0 bridgehead atoms. The van der Waals surface area contributed by atoms with Crippen molar-refractivity contribution in [3.63, 3.8) is 0 Å². The maximum absolute atomic E-state index is 11.5. The third kappa shape index (κ3) is 2.45. The molecule has 0 amide bonds. The van der Waals surface area contributed by atoms with Gasteiger partial charge >= 0.3 is 0 Å². The van der Waals surface area contributed by atoms with E-state index in [-0.39, 0.29) is 5.56 Å². The van der Waals surface area contributed by atoms with Crippen LogP contribution in [0, 0.1) is 0 Å². The summed E-state index contributed by atoms with van der Waals surface area (Å²) in [5, 5.41) is 3.17. The summed E-state index contributed by atoms with van der Waals surface area (Å²) >= 11 is 0. The molecule has 0 saturated carbocycles. The fourth-order valence-corrected chi connectivity index (χ4v) is 1.52. The molecule has 14 heavy (non-hydrogen) atoms. The third-order valence-corrected chi connectivity index (χ3v) is 2.46. The second kappa shape index (κ2) is 4.96. The van der Waals surface area contributed by atoms with Crippen LogP contribution in [0.3, 0.4) is 0 Å². The SMILES string of the molecule is CCn1c(CC(C)NC)cccc1=O. The smallest absolute Gasteiger partial charge is 0.250 e. The minimum Gasteiger partial charge on any atom is -0.317 e. The van der Waals surface area contributed by atoms with Crippen molar-refractivity contribution in [1.82, 2.24) is 9.88 Å². The van der Waals surface area contributed by atoms with Crippen LogP contribution < -0.4 is 10.9 Å². The Morgan fingerprint density at radius 2 is 2.21 bits per heavy atom. The van der Waals surface area contributed by atoms with Gasteiger partial charge in [-0.3, -0.25) is 4.79 Å². The van der Waals surface area contributed by atoms with E-state index in [9.17, 15) is 4.79 Å². The third-order valence-electron chi connectivity index (χ3n) is 2.46. The molecule has 1 rings (SSSR count). The van der Waals surface area contributed by atoms with Crippen LogP contribution in [0.2, 0.25) is 0 Å². The Bertz CT molecular complexity index is 343. The monoisotopic (exact) mass is 194 g/mol. The van der Waals surface area contributed by atoms with Gasteiger partial charge in [0.25, 0.3) is 5.56 Å². The predicted octanol–water partition coefficient (Wildman–Crippen LogP) is 1.02. The lowest BCUT2D eigenvalue weighted by Crippen LogP contribution is -2.28. The van der Waals surface area contributed by atoms with Gasteiger partial charge in [0.2, 0.25) is 0 Å². The van der Waals surface area contributed by atoms with Gasteiger partial charge in [-0.2, -0.15) is 0 Å². The van der Waals surface area contributed by atoms with Crippen molar-refractivity contribution in [2.24, 2.45) is 0 Å². The number of pyridine rings is 1. The van der Waals surface area contributed by atoms with Gasteiger partial charge < -0.3 is 9.88 Å². The molecule has 1 unspecified atom stereocenters. The minimum absolute atomic E-state index is 0.0910. The van der Waals surface area contributed by atoms with Crippen LogP contribution in [-0.4, -0.2) is 17.7 Å². The van der Waals surface area contributed by atoms with Gasteiger partial charge in [-0.25, -0.2) is 0 Å². The van der Waals surface area contributed by atoms with Gasteiger partial charge in [-0.15, -0.1) is 0 Å². The number of nitrogens with one attached hydrogen (secondary N) is 1. The number of rotatable bonds is 4. The molecule has 3 nitrogen and oxygen atoms in total. The number of hydrogen-bond donors (Lipinski definition) is 1. The number of aromatic nitrogens is 1. The first-order chi connectivity index (χ1) is 6.69. The molecule has 0 spiro atoms. The summed E-state index contributed by atoms with van der Waals surface area (Å²) in [4.78, 5) is 11.5. The molecule has 0 aliphatic carbocycles. The fraction of sp³-hybridized carbons (Fsp3) is 0.545. The molecule has 1 heterocycles. The Hall–Kier alpha value is -1.09. The van der Waals surface area contributed by atoms with Crippen molar-refractivity contribution in [3.05, 3.63) is 34.2 Å². The summed E-state index contributed by atoms with van der Waals surface area (Å²) in [5.74, 6) is 0. The van der Waals surface area contributed by atoms with E-state index in [0.717, 1.165) is 18.7 Å². The first kappa shape index (κ1) is 11.0. The highest BCUT2D eigenvalue weighted by Gasteiger charge is 2.05. The largest absolute Gasteiger partial charge is 0.317 e. The van der Waals surface area contributed by atoms with Crippen LogP contribution in [-0.2, 0) is 13.0 Å². The summed E-state index contributed by atoms with van der Waals surface area (Å²) in [6, 6.07) is 5.84. The molecule has 78 valence electrons. The zero-order chi connectivity index (χ0) is 10.6. The zero-order valence-electron chi connectivity index (χ0n) is 9.08. The predicted molar refractivity (Wildman–Crippen MR) is 58.6 cm³/mol. The maximum atomic E-state index is 11.5. The first-order valence-electron chi connectivity index (χ1n) is 5.05. The summed E-state index contributed by atoms with van der Waals surface area (Å²) in [5.41, 5.74) is 1.19. The average molecular weight is 194 g/mol. The molecule has 3 heteroatoms. The summed E-state index contributed by atoms with van der Waals surface area (Å²) in [6.07, 6.45) is 0.889. The maximum Gasteiger partial charge on any atom is 0.250 e. The van der Waals surface area contributed by atoms with Crippen LogP contribution >= 0.6 is 0 Å². The van der Waals surface area contributed by atoms with E-state index in [2.05, 4.69) is 12.2 Å². The highest BCUT2D eigenvalue weighted by molar-refractivity contribution is 5.08. The van der Waals surface area contributed by atoms with Crippen LogP contribution in [0.1, 0.15) is 19.5 Å². The van der Waals surface area contributed by atoms with E-state index in [1.54, 1.807) is 6.07 Å². The normalized spacial score (nSPS) is 12.8. The van der Waals surface area contributed by atoms with Gasteiger partial charge in [-0.1, -0.05) is 6.07 Å². The van der Waals surface area contributed by atoms with E-state index in [1.807, 2.05) is 30.7 Å². The molecule has 0 aromatic carbocycles. The second-order valence-electron chi connectivity index (χ2n) is 3.49. The lowest BCUT2D eigenvalue weighted by Gasteiger charge is -2.14. The van der Waals surface area contributed by atoms with Crippen LogP contribution in [0.4, 0.5) is 0 Å². The first-order valence-corrected chi connectivity index (χ1v) is 5.05. The zero-order valence-corrected chi connectivity index (χ0v) is 9.08. The van der Waals surface area contributed by atoms with E-state index >= 15 is 0 Å². The van der Waals surface area contributed by atoms with Crippen LogP contribution in [0.5, 0.6) is 0 Å². The Kier molecular flexibility index (Phi) is 3.89. The molecule has 0 radical (unpaired) electrons. The van der Waals surface area contributed by atoms with Crippen molar-refractivity contribution in [2.75, 3.05) is 7.05 Å². The van der Waals surface area contributed by atoms with Crippen molar-refractivity contribution >= 4 is 0 Å². The molecule has 1 atom stereocenters. The molecule has 0 aliphatic heterocycles. The summed E-state index contributed by atoms with van der Waals surface area (Å²) in [7, 11) is 1.93. The minimum atomic E-state index is 0.0910. The lowest BCUT2D eigenvalue weighted by molar-refractivity contribution is 0.567. The van der Waals surface area contributed by atoms with Gasteiger partial charge in [0.05, 0.1) is 0 Å². The van der Waals surface area contributed by atoms with Crippen molar-refractivity contribution in [2.45, 2.75) is 32.9 Å². The fourth-order valence-electron chi connectivity index (χ4n) is 1.52. The van der Waals surface area contributed by atoms with E-state index in [1.165, 1.54) is 0 Å². The Balaban J connectivity index is 2.96. The van der Waals surface area contributed by atoms with Crippen molar-refractivity contribution in [1.29, 1.82) is 0 Å². The molecular formula is C11H18N2O. The van der Waals surface area contributed by atoms with Crippen molar-refractivity contribution < 1.29 is 0 Å². The Morgan fingerprint density at radius 3 is 2.79 bits per heavy atom. The highest BCUT2D eigenvalue weighted by Crippen LogP contribution is 2.00. The van der Waals surface area contributed by atoms with Crippen molar-refractivity contribution in [3.8, 4) is 0 Å². The van der Waals surface area contributed by atoms with Gasteiger partial charge in [0.15, 0.2) is 0 Å². The highest BCUT2D eigenvalue weighted by atomic mass is 16.1. The molecule has 0 saturated heterocycles. The Morgan fingerprint density at radius 1 is 1.50 bits per heavy atom. The molecule has 1 aromatic heterocycles. The topological polar surface area (TPSA) is 34.0 Å². The molecule has 0 fully saturated rings. The number of nitrogens with zero attached hydrogens (tertiary/aromatic N) is 1. The Labute approximate surface area is 84.8 Å². The number of likely N-dealkylation sites (N-methyl/N-ethyl adjacent to an activating group) is 1. The quantitative estimate of drug-likeness (QED) is 0.776. The standard InChI is InChI=1S/C11H18N2O/c1-4-13-10(8-9(2)12-3)6-5-7-11(13)14/h5-7,9,12H,4,8H2,1-3H3. The second-order valence-corrected chi connectivity index (χ2v) is 3.49. The summed E-state index contributed by atoms with van der Waals surface area (Å²) < 4.78 is 1.81. The van der Waals surface area contributed by atoms with Gasteiger partial charge in [0.1, 0.15) is 0 Å². The van der Waals surface area contributed by atoms with E-state index < -0.39 is 0 Å². The van der Waals surface area contributed by atoms with Crippen LogP contribution in [0.15, 0.2) is 23.0 Å². The van der Waals surface area contributed by atoms with Gasteiger partial charge in [-0.05, 0) is 27.0 Å². The lowest BCUT2D eigenvalue weighted by atomic mass is 10.1. The van der Waals surface area contributed by atoms with Crippen LogP contribution in [0.25, 0.3) is 0 Å². The molecular weight excluding hydrogens is 176 g/mol. The molecule has 1 aromatic rings. The molecule has 0 aliphatic rings. The molecule has 1 N–H and O–H groups in total. The number of hydrogen-bond acceptors (Lipinski definition) is 2. The van der Waals surface area contributed by atoms with E-state index in [4.69, 9.17) is 0 Å². The summed E-state index contributed by atoms with van der Waals surface area (Å²) in [6.45, 7) is 4.85. The average Bonchev–Trinajstić information content (AvgIpc) is 2.18. The van der Waals surface area contributed by atoms with Gasteiger partial charge in [0, 0.05) is 30.8 Å². The van der Waals surface area contributed by atoms with E-state index in [0.29, 0.717) is 6.04 Å².